The first-order valence-electron chi connectivity index (χ1n) is 4.83. The molecule has 0 aliphatic carbocycles. The summed E-state index contributed by atoms with van der Waals surface area (Å²) >= 11 is 9.39. The van der Waals surface area contributed by atoms with Gasteiger partial charge in [0.2, 0.25) is 0 Å². The number of aromatic nitrogens is 1. The lowest BCUT2D eigenvalue weighted by Gasteiger charge is -2.08. The second-order valence-electron chi connectivity index (χ2n) is 3.34. The summed E-state index contributed by atoms with van der Waals surface area (Å²) in [5.41, 5.74) is 2.12. The third kappa shape index (κ3) is 2.97. The molecule has 0 aliphatic heterocycles. The van der Waals surface area contributed by atoms with Gasteiger partial charge in [0.1, 0.15) is 0 Å². The average Bonchev–Trinajstić information content (AvgIpc) is 2.32. The van der Waals surface area contributed by atoms with Gasteiger partial charge in [-0.05, 0) is 45.8 Å². The highest BCUT2D eigenvalue weighted by atomic mass is 79.9. The molecular weight excluding hydrogens is 288 g/mol. The first-order chi connectivity index (χ1) is 7.75. The number of rotatable bonds is 3. The summed E-state index contributed by atoms with van der Waals surface area (Å²) in [7, 11) is 0. The lowest BCUT2D eigenvalue weighted by atomic mass is 10.2. The number of benzene rings is 1. The fourth-order valence-corrected chi connectivity index (χ4v) is 1.89. The van der Waals surface area contributed by atoms with Gasteiger partial charge in [-0.1, -0.05) is 17.7 Å². The molecule has 2 rings (SSSR count). The van der Waals surface area contributed by atoms with Crippen molar-refractivity contribution in [2.45, 2.75) is 6.54 Å². The molecule has 0 fully saturated rings. The molecule has 0 radical (unpaired) electrons. The Morgan fingerprint density at radius 3 is 2.94 bits per heavy atom. The summed E-state index contributed by atoms with van der Waals surface area (Å²) in [5, 5.41) is 4.02. The summed E-state index contributed by atoms with van der Waals surface area (Å²) in [6.07, 6.45) is 3.60. The predicted octanol–water partition coefficient (Wildman–Crippen LogP) is 4.11. The van der Waals surface area contributed by atoms with Gasteiger partial charge in [0.25, 0.3) is 0 Å². The summed E-state index contributed by atoms with van der Waals surface area (Å²) in [4.78, 5) is 4.06. The van der Waals surface area contributed by atoms with Crippen LogP contribution in [0.25, 0.3) is 0 Å². The normalized spacial score (nSPS) is 10.1. The molecule has 1 aromatic heterocycles. The summed E-state index contributed by atoms with van der Waals surface area (Å²) in [6.45, 7) is 0.729. The van der Waals surface area contributed by atoms with Gasteiger partial charge < -0.3 is 5.32 Å². The van der Waals surface area contributed by atoms with Crippen molar-refractivity contribution in [3.63, 3.8) is 0 Å². The smallest absolute Gasteiger partial charge is 0.0502 e. The fourth-order valence-electron chi connectivity index (χ4n) is 1.33. The number of nitrogens with zero attached hydrogens (tertiary/aromatic N) is 1. The number of halogens is 2. The van der Waals surface area contributed by atoms with Crippen molar-refractivity contribution in [2.24, 2.45) is 0 Å². The summed E-state index contributed by atoms with van der Waals surface area (Å²) in [6, 6.07) is 9.61. The van der Waals surface area contributed by atoms with E-state index in [1.165, 1.54) is 0 Å². The molecule has 0 atom stereocenters. The third-order valence-corrected chi connectivity index (χ3v) is 3.06. The van der Waals surface area contributed by atoms with Crippen molar-refractivity contribution >= 4 is 33.2 Å². The van der Waals surface area contributed by atoms with E-state index in [4.69, 9.17) is 11.6 Å². The Labute approximate surface area is 108 Å². The number of hydrogen-bond donors (Lipinski definition) is 1. The molecule has 2 nitrogen and oxygen atoms in total. The molecule has 0 spiro atoms. The molecule has 16 heavy (non-hydrogen) atoms. The van der Waals surface area contributed by atoms with Crippen LogP contribution in [0.5, 0.6) is 0 Å². The number of nitrogens with one attached hydrogen (secondary N) is 1. The molecular formula is C12H10BrClN2. The highest BCUT2D eigenvalue weighted by molar-refractivity contribution is 9.10. The largest absolute Gasteiger partial charge is 0.380 e. The molecule has 0 saturated carbocycles. The zero-order chi connectivity index (χ0) is 11.4. The molecule has 4 heteroatoms. The van der Waals surface area contributed by atoms with Crippen LogP contribution >= 0.6 is 27.5 Å². The maximum atomic E-state index is 5.93. The van der Waals surface area contributed by atoms with E-state index in [-0.39, 0.29) is 0 Å². The molecule has 0 amide bonds. The van der Waals surface area contributed by atoms with Gasteiger partial charge in [0, 0.05) is 28.4 Å². The van der Waals surface area contributed by atoms with Crippen LogP contribution < -0.4 is 5.32 Å². The minimum atomic E-state index is 0.719. The SMILES string of the molecule is Clc1ccc(Br)c(NCc2cccnc2)c1. The van der Waals surface area contributed by atoms with Crippen LogP contribution in [-0.4, -0.2) is 4.98 Å². The van der Waals surface area contributed by atoms with Crippen LogP contribution in [0.2, 0.25) is 5.02 Å². The van der Waals surface area contributed by atoms with Crippen molar-refractivity contribution in [2.75, 3.05) is 5.32 Å². The Bertz CT molecular complexity index is 474. The van der Waals surface area contributed by atoms with Crippen LogP contribution in [0.3, 0.4) is 0 Å². The quantitative estimate of drug-likeness (QED) is 0.922. The average molecular weight is 298 g/mol. The lowest BCUT2D eigenvalue weighted by molar-refractivity contribution is 1.11. The van der Waals surface area contributed by atoms with E-state index in [0.29, 0.717) is 0 Å². The highest BCUT2D eigenvalue weighted by Gasteiger charge is 2.00. The molecule has 1 N–H and O–H groups in total. The molecule has 2 aromatic rings. The number of pyridine rings is 1. The van der Waals surface area contributed by atoms with Crippen molar-refractivity contribution in [3.05, 3.63) is 57.8 Å². The minimum absolute atomic E-state index is 0.719. The molecule has 1 heterocycles. The van der Waals surface area contributed by atoms with Crippen LogP contribution in [0.1, 0.15) is 5.56 Å². The van der Waals surface area contributed by atoms with E-state index in [0.717, 1.165) is 27.3 Å². The zero-order valence-electron chi connectivity index (χ0n) is 8.45. The van der Waals surface area contributed by atoms with E-state index in [1.54, 1.807) is 6.20 Å². The Hall–Kier alpha value is -1.06. The van der Waals surface area contributed by atoms with Gasteiger partial charge in [0.15, 0.2) is 0 Å². The Morgan fingerprint density at radius 1 is 1.31 bits per heavy atom. The number of anilines is 1. The van der Waals surface area contributed by atoms with Crippen LogP contribution in [-0.2, 0) is 6.54 Å². The van der Waals surface area contributed by atoms with Crippen LogP contribution in [0.4, 0.5) is 5.69 Å². The molecule has 1 aromatic carbocycles. The van der Waals surface area contributed by atoms with E-state index in [2.05, 4.69) is 26.2 Å². The van der Waals surface area contributed by atoms with E-state index in [9.17, 15) is 0 Å². The number of hydrogen-bond acceptors (Lipinski definition) is 2. The Kier molecular flexibility index (Phi) is 3.80. The van der Waals surface area contributed by atoms with Crippen molar-refractivity contribution in [3.8, 4) is 0 Å². The Balaban J connectivity index is 2.08. The molecule has 0 unspecified atom stereocenters. The van der Waals surface area contributed by atoms with E-state index < -0.39 is 0 Å². The monoisotopic (exact) mass is 296 g/mol. The first kappa shape index (κ1) is 11.4. The third-order valence-electron chi connectivity index (χ3n) is 2.13. The Morgan fingerprint density at radius 2 is 2.19 bits per heavy atom. The van der Waals surface area contributed by atoms with Gasteiger partial charge in [-0.2, -0.15) is 0 Å². The molecule has 0 saturated heterocycles. The van der Waals surface area contributed by atoms with Crippen molar-refractivity contribution < 1.29 is 0 Å². The topological polar surface area (TPSA) is 24.9 Å². The molecule has 82 valence electrons. The lowest BCUT2D eigenvalue weighted by Crippen LogP contribution is -2.00. The fraction of sp³-hybridized carbons (Fsp3) is 0.0833. The standard InChI is InChI=1S/C12H10BrClN2/c13-11-4-3-10(14)6-12(11)16-8-9-2-1-5-15-7-9/h1-7,16H,8H2. The molecule has 0 aliphatic rings. The summed E-state index contributed by atoms with van der Waals surface area (Å²) in [5.74, 6) is 0. The van der Waals surface area contributed by atoms with Crippen molar-refractivity contribution in [1.29, 1.82) is 0 Å². The van der Waals surface area contributed by atoms with Crippen LogP contribution in [0.15, 0.2) is 47.2 Å². The zero-order valence-corrected chi connectivity index (χ0v) is 10.8. The van der Waals surface area contributed by atoms with Gasteiger partial charge in [-0.3, -0.25) is 4.98 Å². The molecule has 0 bridgehead atoms. The minimum Gasteiger partial charge on any atom is -0.380 e. The van der Waals surface area contributed by atoms with Gasteiger partial charge >= 0.3 is 0 Å². The van der Waals surface area contributed by atoms with Gasteiger partial charge in [0.05, 0.1) is 5.69 Å². The van der Waals surface area contributed by atoms with Crippen LogP contribution in [0, 0.1) is 0 Å². The highest BCUT2D eigenvalue weighted by Crippen LogP contribution is 2.26. The first-order valence-corrected chi connectivity index (χ1v) is 6.00. The van der Waals surface area contributed by atoms with E-state index in [1.807, 2.05) is 36.5 Å². The second kappa shape index (κ2) is 5.32. The maximum Gasteiger partial charge on any atom is 0.0502 e. The summed E-state index contributed by atoms with van der Waals surface area (Å²) < 4.78 is 1.00. The van der Waals surface area contributed by atoms with Gasteiger partial charge in [-0.15, -0.1) is 0 Å². The van der Waals surface area contributed by atoms with Gasteiger partial charge in [-0.25, -0.2) is 0 Å². The maximum absolute atomic E-state index is 5.93. The predicted molar refractivity (Wildman–Crippen MR) is 70.7 cm³/mol. The second-order valence-corrected chi connectivity index (χ2v) is 4.63. The van der Waals surface area contributed by atoms with E-state index >= 15 is 0 Å². The van der Waals surface area contributed by atoms with Crippen molar-refractivity contribution in [1.82, 2.24) is 4.98 Å².